The van der Waals surface area contributed by atoms with E-state index in [1.165, 1.54) is 12.8 Å². The molecular weight excluding hydrogens is 330 g/mol. The molecule has 3 N–H and O–H groups in total. The molecule has 0 aromatic heterocycles. The summed E-state index contributed by atoms with van der Waals surface area (Å²) in [5, 5.41) is 25.2. The molecule has 0 bridgehead atoms. The summed E-state index contributed by atoms with van der Waals surface area (Å²) >= 11 is 0. The van der Waals surface area contributed by atoms with Gasteiger partial charge in [-0.1, -0.05) is 18.7 Å². The summed E-state index contributed by atoms with van der Waals surface area (Å²) in [5.41, 5.74) is -0.457. The molecule has 1 aromatic rings. The predicted molar refractivity (Wildman–Crippen MR) is 99.4 cm³/mol. The number of phenolic OH excluding ortho intramolecular Hbond substituents is 1. The zero-order valence-corrected chi connectivity index (χ0v) is 15.3. The van der Waals surface area contributed by atoms with E-state index in [2.05, 4.69) is 11.9 Å². The molecule has 0 spiro atoms. The Labute approximate surface area is 154 Å². The minimum atomic E-state index is -1.11. The Morgan fingerprint density at radius 2 is 2.19 bits per heavy atom. The Bertz CT molecular complexity index is 753. The zero-order valence-electron chi connectivity index (χ0n) is 15.3. The molecule has 0 radical (unpaired) electrons. The van der Waals surface area contributed by atoms with Crippen LogP contribution in [-0.2, 0) is 10.2 Å². The number of carbonyl (C=O) groups excluding carboxylic acids is 1. The van der Waals surface area contributed by atoms with E-state index in [9.17, 15) is 15.0 Å². The average molecular weight is 357 g/mol. The molecule has 3 atom stereocenters. The van der Waals surface area contributed by atoms with E-state index < -0.39 is 17.1 Å². The number of fused-ring (bicyclic) bond motifs is 3. The summed E-state index contributed by atoms with van der Waals surface area (Å²) in [6.07, 6.45) is 4.73. The number of ether oxygens (including phenoxy) is 1. The molecule has 0 unspecified atom stereocenters. The van der Waals surface area contributed by atoms with Crippen LogP contribution in [0.3, 0.4) is 0 Å². The standard InChI is InChI=1S/C21H27NO4/c1-3-14-6-7-15(23)18-17(14)21(10-11-22-12-13-4-5-13)19(26-18)16(24)8-9-20(21,2)25/h3,6-7,13,19,22-23,25H,1,4-5,8-12H2,2H3/t19-,20-,21-/m0/s1. The van der Waals surface area contributed by atoms with Gasteiger partial charge in [0.05, 0.1) is 11.0 Å². The van der Waals surface area contributed by atoms with Gasteiger partial charge in [0.25, 0.3) is 0 Å². The van der Waals surface area contributed by atoms with Crippen molar-refractivity contribution in [3.05, 3.63) is 29.8 Å². The number of benzene rings is 1. The van der Waals surface area contributed by atoms with Crippen LogP contribution in [0.2, 0.25) is 0 Å². The molecule has 0 amide bonds. The number of aromatic hydroxyl groups is 1. The maximum atomic E-state index is 12.7. The van der Waals surface area contributed by atoms with Gasteiger partial charge in [0.1, 0.15) is 0 Å². The number of carbonyl (C=O) groups is 1. The summed E-state index contributed by atoms with van der Waals surface area (Å²) in [5.74, 6) is 1.08. The highest BCUT2D eigenvalue weighted by molar-refractivity contribution is 5.89. The van der Waals surface area contributed by atoms with Gasteiger partial charge in [-0.3, -0.25) is 4.79 Å². The van der Waals surface area contributed by atoms with Gasteiger partial charge in [-0.2, -0.15) is 0 Å². The third-order valence-electron chi connectivity index (χ3n) is 6.46. The van der Waals surface area contributed by atoms with Crippen LogP contribution in [0.4, 0.5) is 0 Å². The van der Waals surface area contributed by atoms with Crippen LogP contribution in [0.25, 0.3) is 6.08 Å². The number of nitrogens with one attached hydrogen (secondary N) is 1. The number of aliphatic hydroxyl groups is 1. The number of Topliss-reactive ketones (excluding diaryl/α,β-unsaturated/α-hetero) is 1. The maximum absolute atomic E-state index is 12.7. The molecule has 1 aromatic carbocycles. The normalized spacial score (nSPS) is 32.7. The van der Waals surface area contributed by atoms with E-state index in [-0.39, 0.29) is 18.0 Å². The maximum Gasteiger partial charge on any atom is 0.174 e. The van der Waals surface area contributed by atoms with E-state index in [0.717, 1.165) is 23.6 Å². The fraction of sp³-hybridized carbons (Fsp3) is 0.571. The van der Waals surface area contributed by atoms with Crippen LogP contribution < -0.4 is 10.1 Å². The van der Waals surface area contributed by atoms with Crippen LogP contribution >= 0.6 is 0 Å². The first-order valence-electron chi connectivity index (χ1n) is 9.52. The van der Waals surface area contributed by atoms with Gasteiger partial charge in [-0.15, -0.1) is 0 Å². The van der Waals surface area contributed by atoms with Crippen molar-refractivity contribution in [3.63, 3.8) is 0 Å². The van der Waals surface area contributed by atoms with Gasteiger partial charge >= 0.3 is 0 Å². The first-order valence-corrected chi connectivity index (χ1v) is 9.52. The van der Waals surface area contributed by atoms with Crippen molar-refractivity contribution in [2.75, 3.05) is 13.1 Å². The second-order valence-electron chi connectivity index (χ2n) is 8.19. The number of hydrogen-bond acceptors (Lipinski definition) is 5. The largest absolute Gasteiger partial charge is 0.504 e. The van der Waals surface area contributed by atoms with Crippen molar-refractivity contribution < 1.29 is 19.7 Å². The fourth-order valence-corrected chi connectivity index (χ4v) is 4.74. The third kappa shape index (κ3) is 2.48. The molecule has 3 aliphatic rings. The van der Waals surface area contributed by atoms with Crippen LogP contribution in [0, 0.1) is 5.92 Å². The summed E-state index contributed by atoms with van der Waals surface area (Å²) in [4.78, 5) is 12.7. The quantitative estimate of drug-likeness (QED) is 0.682. The molecule has 2 fully saturated rings. The minimum absolute atomic E-state index is 0.00825. The minimum Gasteiger partial charge on any atom is -0.504 e. The molecule has 5 heteroatoms. The van der Waals surface area contributed by atoms with Gasteiger partial charge in [0.15, 0.2) is 23.4 Å². The third-order valence-corrected chi connectivity index (χ3v) is 6.46. The highest BCUT2D eigenvalue weighted by Gasteiger charge is 2.64. The molecule has 26 heavy (non-hydrogen) atoms. The molecule has 5 nitrogen and oxygen atoms in total. The van der Waals surface area contributed by atoms with E-state index in [1.54, 1.807) is 25.1 Å². The Balaban J connectivity index is 1.79. The van der Waals surface area contributed by atoms with Crippen LogP contribution in [0.1, 0.15) is 50.2 Å². The smallest absolute Gasteiger partial charge is 0.174 e. The van der Waals surface area contributed by atoms with Crippen molar-refractivity contribution >= 4 is 11.9 Å². The van der Waals surface area contributed by atoms with Crippen LogP contribution in [0.5, 0.6) is 11.5 Å². The molecule has 2 aliphatic carbocycles. The van der Waals surface area contributed by atoms with Gasteiger partial charge in [-0.05, 0) is 63.2 Å². The Kier molecular flexibility index (Phi) is 4.12. The van der Waals surface area contributed by atoms with Gasteiger partial charge in [0.2, 0.25) is 0 Å². The lowest BCUT2D eigenvalue weighted by atomic mass is 9.57. The number of hydrogen-bond donors (Lipinski definition) is 3. The van der Waals surface area contributed by atoms with Crippen LogP contribution in [0.15, 0.2) is 18.7 Å². The molecule has 4 rings (SSSR count). The predicted octanol–water partition coefficient (Wildman–Crippen LogP) is 2.54. The summed E-state index contributed by atoms with van der Waals surface area (Å²) in [7, 11) is 0. The highest BCUT2D eigenvalue weighted by Crippen LogP contribution is 2.59. The second-order valence-corrected chi connectivity index (χ2v) is 8.19. The molecule has 1 heterocycles. The van der Waals surface area contributed by atoms with E-state index >= 15 is 0 Å². The van der Waals surface area contributed by atoms with E-state index in [0.29, 0.717) is 25.1 Å². The summed E-state index contributed by atoms with van der Waals surface area (Å²) in [6.45, 7) is 7.33. The first-order chi connectivity index (χ1) is 12.4. The van der Waals surface area contributed by atoms with Crippen molar-refractivity contribution in [1.82, 2.24) is 5.32 Å². The molecule has 0 saturated heterocycles. The van der Waals surface area contributed by atoms with Crippen LogP contribution in [-0.4, -0.2) is 40.8 Å². The summed E-state index contributed by atoms with van der Waals surface area (Å²) in [6, 6.07) is 3.34. The average Bonchev–Trinajstić information content (AvgIpc) is 3.36. The Hall–Kier alpha value is -1.85. The zero-order chi connectivity index (χ0) is 18.5. The number of ketones is 1. The van der Waals surface area contributed by atoms with Crippen molar-refractivity contribution in [3.8, 4) is 11.5 Å². The molecular formula is C21H27NO4. The van der Waals surface area contributed by atoms with Crippen molar-refractivity contribution in [2.24, 2.45) is 5.92 Å². The highest BCUT2D eigenvalue weighted by atomic mass is 16.5. The number of rotatable bonds is 6. The molecule has 140 valence electrons. The monoisotopic (exact) mass is 357 g/mol. The SMILES string of the molecule is C=Cc1ccc(O)c2c1[C@@]1(CCNCC3CC3)[C@@H](O2)C(=O)CC[C@]1(C)O. The lowest BCUT2D eigenvalue weighted by Gasteiger charge is -2.49. The van der Waals surface area contributed by atoms with E-state index in [4.69, 9.17) is 4.74 Å². The topological polar surface area (TPSA) is 78.8 Å². The molecule has 1 aliphatic heterocycles. The lowest BCUT2D eigenvalue weighted by Crippen LogP contribution is -2.62. The van der Waals surface area contributed by atoms with Crippen molar-refractivity contribution in [1.29, 1.82) is 0 Å². The van der Waals surface area contributed by atoms with Crippen molar-refractivity contribution in [2.45, 2.75) is 56.1 Å². The van der Waals surface area contributed by atoms with E-state index in [1.807, 2.05) is 0 Å². The Morgan fingerprint density at radius 3 is 2.88 bits per heavy atom. The molecule has 2 saturated carbocycles. The van der Waals surface area contributed by atoms with Gasteiger partial charge < -0.3 is 20.3 Å². The fourth-order valence-electron chi connectivity index (χ4n) is 4.74. The Morgan fingerprint density at radius 1 is 1.42 bits per heavy atom. The van der Waals surface area contributed by atoms with Gasteiger partial charge in [-0.25, -0.2) is 0 Å². The second kappa shape index (κ2) is 6.10. The first kappa shape index (κ1) is 17.6. The summed E-state index contributed by atoms with van der Waals surface area (Å²) < 4.78 is 5.99. The number of phenols is 1. The lowest BCUT2D eigenvalue weighted by molar-refractivity contribution is -0.147. The van der Waals surface area contributed by atoms with Gasteiger partial charge in [0, 0.05) is 12.0 Å².